The molecule has 5 nitrogen and oxygen atoms in total. The van der Waals surface area contributed by atoms with Crippen LogP contribution in [-0.2, 0) is 11.2 Å². The van der Waals surface area contributed by atoms with Gasteiger partial charge in [-0.25, -0.2) is 4.39 Å². The number of hydrogen-bond donors (Lipinski definition) is 1. The molecule has 0 bridgehead atoms. The minimum absolute atomic E-state index is 0.0553. The molecular weight excluding hydrogens is 357 g/mol. The summed E-state index contributed by atoms with van der Waals surface area (Å²) in [5, 5.41) is 10.7. The van der Waals surface area contributed by atoms with Crippen LogP contribution in [0.3, 0.4) is 0 Å². The predicted molar refractivity (Wildman–Crippen MR) is 108 cm³/mol. The molecule has 2 aromatic carbocycles. The van der Waals surface area contributed by atoms with Crippen LogP contribution in [0.2, 0.25) is 0 Å². The molecule has 0 saturated carbocycles. The third-order valence-corrected chi connectivity index (χ3v) is 5.76. The Balaban J connectivity index is 1.36. The molecule has 2 heterocycles. The van der Waals surface area contributed by atoms with Gasteiger partial charge < -0.3 is 14.9 Å². The maximum Gasteiger partial charge on any atom is 0.223 e. The number of amides is 1. The number of anilines is 2. The van der Waals surface area contributed by atoms with Gasteiger partial charge in [0.25, 0.3) is 0 Å². The van der Waals surface area contributed by atoms with Crippen molar-refractivity contribution >= 4 is 17.3 Å². The Labute approximate surface area is 165 Å². The van der Waals surface area contributed by atoms with Gasteiger partial charge in [-0.05, 0) is 35.7 Å². The SMILES string of the molecule is CC(=O)N1CCc2cc(C(O)CN3CCN(c4ccccc4F)CC3)ccc21. The first-order chi connectivity index (χ1) is 13.5. The van der Waals surface area contributed by atoms with Crippen LogP contribution in [0.1, 0.15) is 24.2 Å². The number of halogens is 1. The summed E-state index contributed by atoms with van der Waals surface area (Å²) in [6.45, 7) is 5.90. The molecule has 0 aromatic heterocycles. The zero-order valence-electron chi connectivity index (χ0n) is 16.1. The van der Waals surface area contributed by atoms with Gasteiger partial charge in [-0.2, -0.15) is 0 Å². The van der Waals surface area contributed by atoms with Crippen molar-refractivity contribution in [2.45, 2.75) is 19.4 Å². The van der Waals surface area contributed by atoms with Crippen molar-refractivity contribution in [1.29, 1.82) is 0 Å². The van der Waals surface area contributed by atoms with Crippen molar-refractivity contribution in [1.82, 2.24) is 4.90 Å². The molecule has 28 heavy (non-hydrogen) atoms. The van der Waals surface area contributed by atoms with Crippen LogP contribution in [0.15, 0.2) is 42.5 Å². The Morgan fingerprint density at radius 3 is 2.54 bits per heavy atom. The van der Waals surface area contributed by atoms with Crippen LogP contribution in [0.4, 0.5) is 15.8 Å². The number of β-amino-alcohol motifs (C(OH)–C–C–N with tert-alkyl or cyclic N) is 1. The van der Waals surface area contributed by atoms with E-state index in [2.05, 4.69) is 9.80 Å². The van der Waals surface area contributed by atoms with Gasteiger partial charge in [-0.3, -0.25) is 9.69 Å². The second-order valence-corrected chi connectivity index (χ2v) is 7.56. The Kier molecular flexibility index (Phi) is 5.33. The first-order valence-electron chi connectivity index (χ1n) is 9.84. The summed E-state index contributed by atoms with van der Waals surface area (Å²) in [6.07, 6.45) is 0.258. The van der Waals surface area contributed by atoms with Crippen LogP contribution in [0, 0.1) is 5.82 Å². The molecule has 1 atom stereocenters. The molecule has 1 amide bonds. The molecule has 2 aliphatic heterocycles. The minimum atomic E-state index is -0.573. The van der Waals surface area contributed by atoms with Crippen molar-refractivity contribution in [3.8, 4) is 0 Å². The Bertz CT molecular complexity index is 865. The molecule has 148 valence electrons. The van der Waals surface area contributed by atoms with E-state index in [-0.39, 0.29) is 11.7 Å². The van der Waals surface area contributed by atoms with Crippen LogP contribution in [0.25, 0.3) is 0 Å². The van der Waals surface area contributed by atoms with Crippen LogP contribution in [0.5, 0.6) is 0 Å². The predicted octanol–water partition coefficient (Wildman–Crippen LogP) is 2.59. The molecule has 0 radical (unpaired) electrons. The number of para-hydroxylation sites is 1. The largest absolute Gasteiger partial charge is 0.387 e. The van der Waals surface area contributed by atoms with Gasteiger partial charge in [0.05, 0.1) is 11.8 Å². The smallest absolute Gasteiger partial charge is 0.223 e. The lowest BCUT2D eigenvalue weighted by molar-refractivity contribution is -0.116. The van der Waals surface area contributed by atoms with Gasteiger partial charge in [-0.1, -0.05) is 24.3 Å². The van der Waals surface area contributed by atoms with Gasteiger partial charge >= 0.3 is 0 Å². The molecule has 1 unspecified atom stereocenters. The van der Waals surface area contributed by atoms with Gasteiger partial charge in [-0.15, -0.1) is 0 Å². The molecule has 6 heteroatoms. The van der Waals surface area contributed by atoms with Crippen molar-refractivity contribution in [3.63, 3.8) is 0 Å². The van der Waals surface area contributed by atoms with E-state index in [0.29, 0.717) is 18.8 Å². The summed E-state index contributed by atoms with van der Waals surface area (Å²) >= 11 is 0. The Morgan fingerprint density at radius 2 is 1.82 bits per heavy atom. The van der Waals surface area contributed by atoms with E-state index in [9.17, 15) is 14.3 Å². The lowest BCUT2D eigenvalue weighted by Crippen LogP contribution is -2.47. The highest BCUT2D eigenvalue weighted by Gasteiger charge is 2.25. The highest BCUT2D eigenvalue weighted by Crippen LogP contribution is 2.31. The van der Waals surface area contributed by atoms with E-state index < -0.39 is 6.10 Å². The van der Waals surface area contributed by atoms with Crippen LogP contribution >= 0.6 is 0 Å². The lowest BCUT2D eigenvalue weighted by Gasteiger charge is -2.37. The summed E-state index contributed by atoms with van der Waals surface area (Å²) in [7, 11) is 0. The third kappa shape index (κ3) is 3.75. The second kappa shape index (κ2) is 7.89. The number of aliphatic hydroxyl groups excluding tert-OH is 1. The fourth-order valence-corrected chi connectivity index (χ4v) is 4.19. The number of rotatable bonds is 4. The molecule has 1 saturated heterocycles. The van der Waals surface area contributed by atoms with E-state index in [0.717, 1.165) is 49.4 Å². The topological polar surface area (TPSA) is 47.0 Å². The molecule has 4 rings (SSSR count). The van der Waals surface area contributed by atoms with Crippen LogP contribution < -0.4 is 9.80 Å². The number of piperazine rings is 1. The fraction of sp³-hybridized carbons (Fsp3) is 0.409. The minimum Gasteiger partial charge on any atom is -0.387 e. The van der Waals surface area contributed by atoms with E-state index in [1.807, 2.05) is 30.3 Å². The molecule has 1 fully saturated rings. The molecule has 2 aromatic rings. The molecule has 0 spiro atoms. The second-order valence-electron chi connectivity index (χ2n) is 7.56. The highest BCUT2D eigenvalue weighted by atomic mass is 19.1. The van der Waals surface area contributed by atoms with Gasteiger partial charge in [0.1, 0.15) is 5.82 Å². The number of carbonyl (C=O) groups excluding carboxylic acids is 1. The summed E-state index contributed by atoms with van der Waals surface area (Å²) in [6, 6.07) is 12.8. The molecule has 0 aliphatic carbocycles. The summed E-state index contributed by atoms with van der Waals surface area (Å²) in [4.78, 5) is 17.7. The van der Waals surface area contributed by atoms with Crippen LogP contribution in [-0.4, -0.2) is 55.2 Å². The average molecular weight is 383 g/mol. The van der Waals surface area contributed by atoms with E-state index in [1.165, 1.54) is 6.07 Å². The van der Waals surface area contributed by atoms with Crippen molar-refractivity contribution < 1.29 is 14.3 Å². The number of aliphatic hydroxyl groups is 1. The van der Waals surface area contributed by atoms with Crippen molar-refractivity contribution in [3.05, 3.63) is 59.4 Å². The average Bonchev–Trinajstić information content (AvgIpc) is 3.12. The molecule has 2 aliphatic rings. The molecule has 1 N–H and O–H groups in total. The Morgan fingerprint density at radius 1 is 1.07 bits per heavy atom. The van der Waals surface area contributed by atoms with Crippen molar-refractivity contribution in [2.24, 2.45) is 0 Å². The number of nitrogens with zero attached hydrogens (tertiary/aromatic N) is 3. The maximum absolute atomic E-state index is 14.0. The number of benzene rings is 2. The third-order valence-electron chi connectivity index (χ3n) is 5.76. The highest BCUT2D eigenvalue weighted by molar-refractivity contribution is 5.93. The molecular formula is C22H26FN3O2. The normalized spacial score (nSPS) is 18.2. The Hall–Kier alpha value is -2.44. The number of hydrogen-bond acceptors (Lipinski definition) is 4. The van der Waals surface area contributed by atoms with E-state index in [1.54, 1.807) is 17.9 Å². The van der Waals surface area contributed by atoms with Gasteiger partial charge in [0, 0.05) is 51.9 Å². The summed E-state index contributed by atoms with van der Waals surface area (Å²) in [5.41, 5.74) is 3.62. The first kappa shape index (κ1) is 18.9. The summed E-state index contributed by atoms with van der Waals surface area (Å²) in [5.74, 6) is -0.131. The quantitative estimate of drug-likeness (QED) is 0.882. The van der Waals surface area contributed by atoms with Gasteiger partial charge in [0.2, 0.25) is 5.91 Å². The van der Waals surface area contributed by atoms with E-state index in [4.69, 9.17) is 0 Å². The zero-order valence-corrected chi connectivity index (χ0v) is 16.1. The van der Waals surface area contributed by atoms with E-state index >= 15 is 0 Å². The maximum atomic E-state index is 14.0. The number of carbonyl (C=O) groups is 1. The zero-order chi connectivity index (χ0) is 19.7. The summed E-state index contributed by atoms with van der Waals surface area (Å²) < 4.78 is 14.0. The first-order valence-corrected chi connectivity index (χ1v) is 9.84. The van der Waals surface area contributed by atoms with Crippen molar-refractivity contribution in [2.75, 3.05) is 49.1 Å². The standard InChI is InChI=1S/C22H26FN3O2/c1-16(27)26-9-8-17-14-18(6-7-20(17)26)22(28)15-24-10-12-25(13-11-24)21-5-3-2-4-19(21)23/h2-7,14,22,28H,8-13,15H2,1H3. The number of fused-ring (bicyclic) bond motifs is 1. The fourth-order valence-electron chi connectivity index (χ4n) is 4.19. The monoisotopic (exact) mass is 383 g/mol. The lowest BCUT2D eigenvalue weighted by atomic mass is 10.0. The van der Waals surface area contributed by atoms with Gasteiger partial charge in [0.15, 0.2) is 0 Å².